The van der Waals surface area contributed by atoms with Crippen LogP contribution in [0.4, 0.5) is 5.69 Å². The summed E-state index contributed by atoms with van der Waals surface area (Å²) >= 11 is 17.9. The fourth-order valence-electron chi connectivity index (χ4n) is 1.75. The van der Waals surface area contributed by atoms with Gasteiger partial charge in [0.2, 0.25) is 0 Å². The molecule has 114 valence electrons. The molecule has 0 aliphatic carbocycles. The van der Waals surface area contributed by atoms with Crippen molar-refractivity contribution in [1.29, 1.82) is 5.26 Å². The first-order valence-electron chi connectivity index (χ1n) is 5.68. The predicted octanol–water partition coefficient (Wildman–Crippen LogP) is 1.59. The Bertz CT molecular complexity index is 861. The van der Waals surface area contributed by atoms with Crippen LogP contribution in [-0.2, 0) is 0 Å². The maximum atomic E-state index is 11.9. The van der Waals surface area contributed by atoms with Gasteiger partial charge in [-0.1, -0.05) is 34.8 Å². The van der Waals surface area contributed by atoms with Crippen molar-refractivity contribution < 1.29 is 5.11 Å². The van der Waals surface area contributed by atoms with Gasteiger partial charge in [-0.15, -0.1) is 0 Å². The zero-order chi connectivity index (χ0) is 16.4. The Kier molecular flexibility index (Phi) is 4.78. The van der Waals surface area contributed by atoms with E-state index in [0.29, 0.717) is 0 Å². The molecule has 0 saturated heterocycles. The molecule has 0 saturated carbocycles. The van der Waals surface area contributed by atoms with Gasteiger partial charge in [0.1, 0.15) is 18.4 Å². The lowest BCUT2D eigenvalue weighted by atomic mass is 10.3. The maximum absolute atomic E-state index is 11.9. The summed E-state index contributed by atoms with van der Waals surface area (Å²) < 4.78 is 0.820. The largest absolute Gasteiger partial charge is 0.375 e. The van der Waals surface area contributed by atoms with E-state index < -0.39 is 18.0 Å². The number of rotatable bonds is 3. The number of H-pyrrole nitrogens is 1. The lowest BCUT2D eigenvalue weighted by Gasteiger charge is -2.25. The SMILES string of the molecule is N#Cc1cn(N(CO)c2c(Cl)cc(Cl)cc2Cl)c(=O)[nH]c1=O. The van der Waals surface area contributed by atoms with Crippen LogP contribution in [0.3, 0.4) is 0 Å². The van der Waals surface area contributed by atoms with Gasteiger partial charge in [0.15, 0.2) is 0 Å². The molecule has 2 rings (SSSR count). The number of nitriles is 1. The second-order valence-electron chi connectivity index (χ2n) is 4.02. The number of aliphatic hydroxyl groups excluding tert-OH is 1. The number of aliphatic hydroxyl groups is 1. The fraction of sp³-hybridized carbons (Fsp3) is 0.0833. The van der Waals surface area contributed by atoms with Crippen molar-refractivity contribution in [2.24, 2.45) is 0 Å². The number of hydrogen-bond donors (Lipinski definition) is 2. The average molecular weight is 362 g/mol. The van der Waals surface area contributed by atoms with Gasteiger partial charge in [0.25, 0.3) is 5.56 Å². The molecule has 0 amide bonds. The number of hydrogen-bond acceptors (Lipinski definition) is 5. The van der Waals surface area contributed by atoms with E-state index in [0.717, 1.165) is 15.9 Å². The van der Waals surface area contributed by atoms with Gasteiger partial charge in [-0.25, -0.2) is 14.5 Å². The average Bonchev–Trinajstić information content (AvgIpc) is 2.43. The Balaban J connectivity index is 2.72. The van der Waals surface area contributed by atoms with E-state index in [1.165, 1.54) is 12.1 Å². The van der Waals surface area contributed by atoms with Gasteiger partial charge < -0.3 is 5.11 Å². The lowest BCUT2D eigenvalue weighted by Crippen LogP contribution is -2.43. The van der Waals surface area contributed by atoms with Crippen LogP contribution in [0.5, 0.6) is 0 Å². The highest BCUT2D eigenvalue weighted by atomic mass is 35.5. The first-order chi connectivity index (χ1) is 10.4. The molecule has 1 aromatic carbocycles. The molecule has 0 aliphatic rings. The van der Waals surface area contributed by atoms with Crippen LogP contribution in [-0.4, -0.2) is 21.5 Å². The normalized spacial score (nSPS) is 10.3. The van der Waals surface area contributed by atoms with Crippen molar-refractivity contribution in [3.05, 3.63) is 59.8 Å². The molecule has 2 aromatic rings. The van der Waals surface area contributed by atoms with E-state index in [1.54, 1.807) is 6.07 Å². The third kappa shape index (κ3) is 2.96. The van der Waals surface area contributed by atoms with E-state index in [9.17, 15) is 14.7 Å². The molecule has 1 heterocycles. The van der Waals surface area contributed by atoms with Gasteiger partial charge in [-0.3, -0.25) is 9.78 Å². The summed E-state index contributed by atoms with van der Waals surface area (Å²) in [5.41, 5.74) is -1.94. The monoisotopic (exact) mass is 360 g/mol. The van der Waals surface area contributed by atoms with E-state index >= 15 is 0 Å². The minimum Gasteiger partial charge on any atom is -0.375 e. The van der Waals surface area contributed by atoms with Crippen molar-refractivity contribution in [3.8, 4) is 6.07 Å². The lowest BCUT2D eigenvalue weighted by molar-refractivity contribution is 0.275. The predicted molar refractivity (Wildman–Crippen MR) is 82.5 cm³/mol. The van der Waals surface area contributed by atoms with Gasteiger partial charge in [-0.2, -0.15) is 5.26 Å². The molecule has 7 nitrogen and oxygen atoms in total. The number of benzene rings is 1. The second kappa shape index (κ2) is 6.42. The first-order valence-corrected chi connectivity index (χ1v) is 6.81. The van der Waals surface area contributed by atoms with Crippen LogP contribution >= 0.6 is 34.8 Å². The molecule has 0 spiro atoms. The Morgan fingerprint density at radius 2 is 1.86 bits per heavy atom. The molecule has 0 unspecified atom stereocenters. The summed E-state index contributed by atoms with van der Waals surface area (Å²) in [6.07, 6.45) is 0.971. The topological polar surface area (TPSA) is 102 Å². The van der Waals surface area contributed by atoms with Crippen molar-refractivity contribution in [3.63, 3.8) is 0 Å². The summed E-state index contributed by atoms with van der Waals surface area (Å²) in [4.78, 5) is 25.3. The molecular formula is C12H7Cl3N4O3. The summed E-state index contributed by atoms with van der Waals surface area (Å²) in [6, 6.07) is 4.37. The van der Waals surface area contributed by atoms with Crippen LogP contribution in [0, 0.1) is 11.3 Å². The molecule has 0 bridgehead atoms. The Morgan fingerprint density at radius 3 is 2.36 bits per heavy atom. The fourth-order valence-corrected chi connectivity index (χ4v) is 2.76. The summed E-state index contributed by atoms with van der Waals surface area (Å²) in [6.45, 7) is -0.697. The zero-order valence-electron chi connectivity index (χ0n) is 10.7. The van der Waals surface area contributed by atoms with E-state index in [2.05, 4.69) is 0 Å². The van der Waals surface area contributed by atoms with Crippen LogP contribution < -0.4 is 16.3 Å². The van der Waals surface area contributed by atoms with Crippen LogP contribution in [0.1, 0.15) is 5.56 Å². The number of aromatic amines is 1. The van der Waals surface area contributed by atoms with E-state index in [-0.39, 0.29) is 26.3 Å². The van der Waals surface area contributed by atoms with Crippen molar-refractivity contribution in [2.45, 2.75) is 0 Å². The van der Waals surface area contributed by atoms with Crippen molar-refractivity contribution >= 4 is 40.5 Å². The van der Waals surface area contributed by atoms with Crippen molar-refractivity contribution in [1.82, 2.24) is 9.66 Å². The molecule has 0 radical (unpaired) electrons. The number of nitrogens with one attached hydrogen (secondary N) is 1. The van der Waals surface area contributed by atoms with E-state index in [1.807, 2.05) is 4.98 Å². The minimum absolute atomic E-state index is 0.0724. The van der Waals surface area contributed by atoms with Gasteiger partial charge in [0, 0.05) is 5.02 Å². The van der Waals surface area contributed by atoms with Gasteiger partial charge in [0.05, 0.1) is 21.9 Å². The number of anilines is 1. The standard InChI is InChI=1S/C12H7Cl3N4O3/c13-7-1-8(14)10(9(15)2-7)19(5-20)18-4-6(3-16)11(21)17-12(18)22/h1-2,4,20H,5H2,(H,17,21,22). The Labute approximate surface area is 138 Å². The number of aromatic nitrogens is 2. The highest BCUT2D eigenvalue weighted by molar-refractivity contribution is 6.41. The highest BCUT2D eigenvalue weighted by Gasteiger charge is 2.19. The summed E-state index contributed by atoms with van der Waals surface area (Å²) in [5, 5.41) is 19.8. The summed E-state index contributed by atoms with van der Waals surface area (Å²) in [7, 11) is 0. The number of halogens is 3. The Morgan fingerprint density at radius 1 is 1.27 bits per heavy atom. The van der Waals surface area contributed by atoms with Crippen LogP contribution in [0.15, 0.2) is 27.9 Å². The second-order valence-corrected chi connectivity index (χ2v) is 5.27. The van der Waals surface area contributed by atoms with Crippen molar-refractivity contribution in [2.75, 3.05) is 11.7 Å². The summed E-state index contributed by atoms with van der Waals surface area (Å²) in [5.74, 6) is 0. The molecular weight excluding hydrogens is 355 g/mol. The quantitative estimate of drug-likeness (QED) is 0.808. The molecule has 0 atom stereocenters. The van der Waals surface area contributed by atoms with Crippen LogP contribution in [0.2, 0.25) is 15.1 Å². The molecule has 22 heavy (non-hydrogen) atoms. The molecule has 2 N–H and O–H groups in total. The third-order valence-corrected chi connectivity index (χ3v) is 3.47. The first kappa shape index (κ1) is 16.4. The molecule has 0 aliphatic heterocycles. The van der Waals surface area contributed by atoms with Crippen LogP contribution in [0.25, 0.3) is 0 Å². The smallest absolute Gasteiger partial charge is 0.347 e. The third-order valence-electron chi connectivity index (χ3n) is 2.68. The molecule has 10 heteroatoms. The minimum atomic E-state index is -0.875. The number of nitrogens with zero attached hydrogens (tertiary/aromatic N) is 3. The highest BCUT2D eigenvalue weighted by Crippen LogP contribution is 2.36. The van der Waals surface area contributed by atoms with E-state index in [4.69, 9.17) is 40.1 Å². The molecule has 1 aromatic heterocycles. The zero-order valence-corrected chi connectivity index (χ0v) is 12.9. The van der Waals surface area contributed by atoms with Gasteiger partial charge >= 0.3 is 5.69 Å². The van der Waals surface area contributed by atoms with Gasteiger partial charge in [-0.05, 0) is 12.1 Å². The maximum Gasteiger partial charge on any atom is 0.347 e. The Hall–Kier alpha value is -1.98. The molecule has 0 fully saturated rings.